The highest BCUT2D eigenvalue weighted by Gasteiger charge is 2.14. The number of carbonyl (C=O) groups excluding carboxylic acids is 1. The van der Waals surface area contributed by atoms with Crippen molar-refractivity contribution in [2.75, 3.05) is 5.75 Å². The second-order valence-electron chi connectivity index (χ2n) is 5.80. The lowest BCUT2D eigenvalue weighted by Gasteiger charge is -2.01. The molecular formula is C18H16N4O2S. The smallest absolute Gasteiger partial charge is 0.197 e. The van der Waals surface area contributed by atoms with Crippen LogP contribution >= 0.6 is 11.8 Å². The Labute approximate surface area is 148 Å². The SMILES string of the molecule is CC(=O)CSc1nnc(-c2ccc(-c3cccc4c3ccn4C)o2)[nH]1. The number of benzene rings is 1. The molecule has 4 aromatic rings. The first kappa shape index (κ1) is 15.7. The topological polar surface area (TPSA) is 76.7 Å². The average molecular weight is 352 g/mol. The van der Waals surface area contributed by atoms with E-state index in [0.29, 0.717) is 22.5 Å². The second-order valence-corrected chi connectivity index (χ2v) is 6.76. The summed E-state index contributed by atoms with van der Waals surface area (Å²) in [6.45, 7) is 1.55. The molecule has 1 aromatic carbocycles. The van der Waals surface area contributed by atoms with E-state index in [1.54, 1.807) is 6.92 Å². The van der Waals surface area contributed by atoms with E-state index < -0.39 is 0 Å². The number of hydrogen-bond donors (Lipinski definition) is 1. The van der Waals surface area contributed by atoms with Gasteiger partial charge < -0.3 is 14.0 Å². The largest absolute Gasteiger partial charge is 0.453 e. The molecule has 0 saturated carbocycles. The summed E-state index contributed by atoms with van der Waals surface area (Å²) in [5.41, 5.74) is 2.19. The number of H-pyrrole nitrogens is 1. The number of carbonyl (C=O) groups is 1. The van der Waals surface area contributed by atoms with Gasteiger partial charge in [0.25, 0.3) is 0 Å². The van der Waals surface area contributed by atoms with Gasteiger partial charge in [0.1, 0.15) is 11.5 Å². The molecule has 0 spiro atoms. The summed E-state index contributed by atoms with van der Waals surface area (Å²) in [6.07, 6.45) is 2.03. The Morgan fingerprint density at radius 1 is 1.20 bits per heavy atom. The Morgan fingerprint density at radius 2 is 2.04 bits per heavy atom. The number of Topliss-reactive ketones (excluding diaryl/α,β-unsaturated/α-hetero) is 1. The van der Waals surface area contributed by atoms with Crippen molar-refractivity contribution in [3.8, 4) is 22.9 Å². The number of rotatable bonds is 5. The zero-order valence-electron chi connectivity index (χ0n) is 13.8. The minimum Gasteiger partial charge on any atom is -0.453 e. The van der Waals surface area contributed by atoms with Gasteiger partial charge in [0.2, 0.25) is 0 Å². The van der Waals surface area contributed by atoms with E-state index in [1.807, 2.05) is 37.5 Å². The Hall–Kier alpha value is -2.80. The highest BCUT2D eigenvalue weighted by molar-refractivity contribution is 7.99. The molecule has 3 heterocycles. The first-order valence-corrected chi connectivity index (χ1v) is 8.80. The third kappa shape index (κ3) is 2.98. The van der Waals surface area contributed by atoms with Crippen molar-refractivity contribution in [2.45, 2.75) is 12.1 Å². The van der Waals surface area contributed by atoms with E-state index in [0.717, 1.165) is 22.2 Å². The maximum atomic E-state index is 11.1. The molecule has 126 valence electrons. The van der Waals surface area contributed by atoms with Crippen LogP contribution in [-0.2, 0) is 11.8 Å². The molecule has 0 aliphatic heterocycles. The zero-order chi connectivity index (χ0) is 17.4. The molecule has 0 aliphatic carbocycles. The fraction of sp³-hybridized carbons (Fsp3) is 0.167. The van der Waals surface area contributed by atoms with Gasteiger partial charge in [-0.3, -0.25) is 4.79 Å². The zero-order valence-corrected chi connectivity index (χ0v) is 14.6. The van der Waals surface area contributed by atoms with Crippen LogP contribution in [0.15, 0.2) is 52.2 Å². The van der Waals surface area contributed by atoms with Gasteiger partial charge in [-0.25, -0.2) is 0 Å². The number of fused-ring (bicyclic) bond motifs is 1. The highest BCUT2D eigenvalue weighted by Crippen LogP contribution is 2.32. The number of hydrogen-bond acceptors (Lipinski definition) is 5. The predicted octanol–water partition coefficient (Wildman–Crippen LogP) is 3.90. The molecule has 7 heteroatoms. The molecule has 0 unspecified atom stereocenters. The quantitative estimate of drug-likeness (QED) is 0.551. The molecule has 0 amide bonds. The Morgan fingerprint density at radius 3 is 2.88 bits per heavy atom. The van der Waals surface area contributed by atoms with Gasteiger partial charge in [0.15, 0.2) is 16.7 Å². The van der Waals surface area contributed by atoms with Crippen molar-refractivity contribution in [3.05, 3.63) is 42.6 Å². The normalized spacial score (nSPS) is 11.3. The number of thioether (sulfide) groups is 1. The summed E-state index contributed by atoms with van der Waals surface area (Å²) < 4.78 is 8.07. The van der Waals surface area contributed by atoms with E-state index in [9.17, 15) is 4.79 Å². The van der Waals surface area contributed by atoms with E-state index in [-0.39, 0.29) is 5.78 Å². The summed E-state index contributed by atoms with van der Waals surface area (Å²) in [7, 11) is 2.02. The van der Waals surface area contributed by atoms with Crippen LogP contribution in [0.3, 0.4) is 0 Å². The first-order chi connectivity index (χ1) is 12.1. The minimum absolute atomic E-state index is 0.0965. The molecule has 0 radical (unpaired) electrons. The van der Waals surface area contributed by atoms with Crippen molar-refractivity contribution in [2.24, 2.45) is 7.05 Å². The monoisotopic (exact) mass is 352 g/mol. The highest BCUT2D eigenvalue weighted by atomic mass is 32.2. The second kappa shape index (κ2) is 6.25. The lowest BCUT2D eigenvalue weighted by atomic mass is 10.1. The Balaban J connectivity index is 1.65. The molecule has 6 nitrogen and oxygen atoms in total. The summed E-state index contributed by atoms with van der Waals surface area (Å²) in [6, 6.07) is 12.0. The maximum absolute atomic E-state index is 11.1. The van der Waals surface area contributed by atoms with Crippen LogP contribution < -0.4 is 0 Å². The number of ketones is 1. The number of aryl methyl sites for hydroxylation is 1. The van der Waals surface area contributed by atoms with Crippen molar-refractivity contribution in [3.63, 3.8) is 0 Å². The molecule has 0 aliphatic rings. The first-order valence-electron chi connectivity index (χ1n) is 7.81. The van der Waals surface area contributed by atoms with Gasteiger partial charge in [-0.15, -0.1) is 10.2 Å². The molecule has 0 bridgehead atoms. The van der Waals surface area contributed by atoms with Crippen molar-refractivity contribution < 1.29 is 9.21 Å². The van der Waals surface area contributed by atoms with E-state index in [1.165, 1.54) is 11.8 Å². The summed E-state index contributed by atoms with van der Waals surface area (Å²) in [5.74, 6) is 2.41. The average Bonchev–Trinajstić information content (AvgIpc) is 3.32. The van der Waals surface area contributed by atoms with Gasteiger partial charge in [-0.2, -0.15) is 0 Å². The number of nitrogens with one attached hydrogen (secondary N) is 1. The van der Waals surface area contributed by atoms with Gasteiger partial charge in [-0.1, -0.05) is 23.9 Å². The standard InChI is InChI=1S/C18H16N4O2S/c1-11(23)10-25-18-19-17(20-21-18)16-7-6-15(24-16)13-4-3-5-14-12(13)8-9-22(14)2/h3-9H,10H2,1-2H3,(H,19,20,21). The fourth-order valence-electron chi connectivity index (χ4n) is 2.72. The summed E-state index contributed by atoms with van der Waals surface area (Å²) >= 11 is 1.33. The lowest BCUT2D eigenvalue weighted by Crippen LogP contribution is -1.93. The lowest BCUT2D eigenvalue weighted by molar-refractivity contribution is -0.114. The molecule has 0 atom stereocenters. The molecule has 25 heavy (non-hydrogen) atoms. The summed E-state index contributed by atoms with van der Waals surface area (Å²) in [5, 5.41) is 9.89. The van der Waals surface area contributed by atoms with Gasteiger partial charge >= 0.3 is 0 Å². The molecule has 0 saturated heterocycles. The predicted molar refractivity (Wildman–Crippen MR) is 97.4 cm³/mol. The number of aromatic amines is 1. The van der Waals surface area contributed by atoms with Gasteiger partial charge in [0, 0.05) is 29.7 Å². The molecular weight excluding hydrogens is 336 g/mol. The van der Waals surface area contributed by atoms with E-state index in [4.69, 9.17) is 4.42 Å². The van der Waals surface area contributed by atoms with Crippen LogP contribution in [0, 0.1) is 0 Å². The van der Waals surface area contributed by atoms with Crippen molar-refractivity contribution in [1.82, 2.24) is 19.7 Å². The molecule has 4 rings (SSSR count). The van der Waals surface area contributed by atoms with Gasteiger partial charge in [-0.05, 0) is 31.2 Å². The number of furan rings is 1. The molecule has 3 aromatic heterocycles. The Bertz CT molecular complexity index is 1060. The van der Waals surface area contributed by atoms with Crippen molar-refractivity contribution >= 4 is 28.4 Å². The molecule has 0 fully saturated rings. The van der Waals surface area contributed by atoms with Gasteiger partial charge in [0.05, 0.1) is 5.75 Å². The maximum Gasteiger partial charge on any atom is 0.197 e. The van der Waals surface area contributed by atoms with Crippen molar-refractivity contribution in [1.29, 1.82) is 0 Å². The van der Waals surface area contributed by atoms with Crippen LogP contribution in [0.4, 0.5) is 0 Å². The third-order valence-electron chi connectivity index (χ3n) is 3.91. The summed E-state index contributed by atoms with van der Waals surface area (Å²) in [4.78, 5) is 14.1. The Kier molecular flexibility index (Phi) is 3.93. The fourth-order valence-corrected chi connectivity index (χ4v) is 3.33. The number of aromatic nitrogens is 4. The van der Waals surface area contributed by atoms with Crippen LogP contribution in [0.2, 0.25) is 0 Å². The molecule has 1 N–H and O–H groups in total. The van der Waals surface area contributed by atoms with E-state index in [2.05, 4.69) is 31.9 Å². The number of nitrogens with zero attached hydrogens (tertiary/aromatic N) is 3. The third-order valence-corrected chi connectivity index (χ3v) is 4.92. The van der Waals surface area contributed by atoms with Crippen LogP contribution in [0.1, 0.15) is 6.92 Å². The van der Waals surface area contributed by atoms with Crippen LogP contribution in [0.5, 0.6) is 0 Å². The minimum atomic E-state index is 0.0965. The van der Waals surface area contributed by atoms with Crippen LogP contribution in [-0.4, -0.2) is 31.3 Å². The van der Waals surface area contributed by atoms with E-state index >= 15 is 0 Å². The van der Waals surface area contributed by atoms with Crippen LogP contribution in [0.25, 0.3) is 33.8 Å².